The van der Waals surface area contributed by atoms with Crippen molar-refractivity contribution in [3.8, 4) is 26.7 Å². The van der Waals surface area contributed by atoms with Crippen LogP contribution in [0.2, 0.25) is 5.02 Å². The van der Waals surface area contributed by atoms with Crippen LogP contribution in [0.4, 0.5) is 8.78 Å². The Kier molecular flexibility index (Phi) is 5.02. The van der Waals surface area contributed by atoms with Crippen molar-refractivity contribution in [1.82, 2.24) is 9.78 Å². The highest BCUT2D eigenvalue weighted by Gasteiger charge is 2.24. The van der Waals surface area contributed by atoms with Gasteiger partial charge in [0.2, 0.25) is 0 Å². The van der Waals surface area contributed by atoms with E-state index in [0.29, 0.717) is 27.0 Å². The van der Waals surface area contributed by atoms with Crippen LogP contribution in [0, 0.1) is 11.6 Å². The fourth-order valence-corrected chi connectivity index (χ4v) is 4.21. The number of para-hydroxylation sites is 1. The molecule has 3 nitrogen and oxygen atoms in total. The molecule has 0 unspecified atom stereocenters. The van der Waals surface area contributed by atoms with E-state index in [1.807, 2.05) is 24.3 Å². The fourth-order valence-electron chi connectivity index (χ4n) is 2.97. The molecule has 4 aromatic rings. The van der Waals surface area contributed by atoms with Crippen LogP contribution in [-0.2, 0) is 5.60 Å². The molecule has 0 bridgehead atoms. The van der Waals surface area contributed by atoms with E-state index in [9.17, 15) is 13.9 Å². The van der Waals surface area contributed by atoms with Crippen molar-refractivity contribution in [2.75, 3.05) is 0 Å². The van der Waals surface area contributed by atoms with Gasteiger partial charge in [0.25, 0.3) is 0 Å². The first-order valence-electron chi connectivity index (χ1n) is 8.87. The Morgan fingerprint density at radius 3 is 2.45 bits per heavy atom. The molecule has 0 saturated heterocycles. The lowest BCUT2D eigenvalue weighted by atomic mass is 10.1. The zero-order valence-electron chi connectivity index (χ0n) is 15.7. The first-order chi connectivity index (χ1) is 13.7. The summed E-state index contributed by atoms with van der Waals surface area (Å²) >= 11 is 7.68. The van der Waals surface area contributed by atoms with Crippen LogP contribution >= 0.6 is 22.9 Å². The predicted molar refractivity (Wildman–Crippen MR) is 112 cm³/mol. The van der Waals surface area contributed by atoms with Crippen LogP contribution in [0.15, 0.2) is 60.7 Å². The molecule has 0 aliphatic heterocycles. The Morgan fingerprint density at radius 1 is 1.00 bits per heavy atom. The lowest BCUT2D eigenvalue weighted by Crippen LogP contribution is -2.16. The molecule has 148 valence electrons. The molecule has 0 atom stereocenters. The minimum absolute atomic E-state index is 0.202. The number of halogens is 3. The van der Waals surface area contributed by atoms with Crippen molar-refractivity contribution in [3.63, 3.8) is 0 Å². The monoisotopic (exact) mass is 430 g/mol. The summed E-state index contributed by atoms with van der Waals surface area (Å²) in [4.78, 5) is 1.38. The van der Waals surface area contributed by atoms with Gasteiger partial charge >= 0.3 is 0 Å². The average molecular weight is 431 g/mol. The zero-order valence-corrected chi connectivity index (χ0v) is 17.2. The van der Waals surface area contributed by atoms with E-state index in [1.165, 1.54) is 17.4 Å². The number of benzene rings is 2. The van der Waals surface area contributed by atoms with Crippen LogP contribution < -0.4 is 0 Å². The van der Waals surface area contributed by atoms with Gasteiger partial charge in [-0.2, -0.15) is 5.10 Å². The van der Waals surface area contributed by atoms with E-state index in [-0.39, 0.29) is 5.56 Å². The molecule has 2 aromatic heterocycles. The summed E-state index contributed by atoms with van der Waals surface area (Å²) in [5, 5.41) is 15.5. The fraction of sp³-hybridized carbons (Fsp3) is 0.136. The van der Waals surface area contributed by atoms with Gasteiger partial charge in [0, 0.05) is 10.4 Å². The van der Waals surface area contributed by atoms with Gasteiger partial charge in [-0.15, -0.1) is 11.3 Å². The molecule has 0 radical (unpaired) electrons. The number of hydrogen-bond donors (Lipinski definition) is 1. The van der Waals surface area contributed by atoms with Crippen molar-refractivity contribution >= 4 is 22.9 Å². The summed E-state index contributed by atoms with van der Waals surface area (Å²) in [5.74, 6) is -0.988. The van der Waals surface area contributed by atoms with Crippen LogP contribution in [0.1, 0.15) is 19.5 Å². The molecule has 0 fully saturated rings. The predicted octanol–water partition coefficient (Wildman–Crippen LogP) is 6.43. The highest BCUT2D eigenvalue weighted by molar-refractivity contribution is 7.18. The Bertz CT molecular complexity index is 1190. The Morgan fingerprint density at radius 2 is 1.72 bits per heavy atom. The summed E-state index contributed by atoms with van der Waals surface area (Å²) in [7, 11) is 0. The van der Waals surface area contributed by atoms with Crippen molar-refractivity contribution < 1.29 is 13.9 Å². The molecule has 0 saturated carbocycles. The van der Waals surface area contributed by atoms with E-state index < -0.39 is 17.2 Å². The Hall–Kier alpha value is -2.54. The van der Waals surface area contributed by atoms with E-state index >= 15 is 0 Å². The lowest BCUT2D eigenvalue weighted by molar-refractivity contribution is 0.0734. The van der Waals surface area contributed by atoms with Crippen molar-refractivity contribution in [2.45, 2.75) is 19.4 Å². The minimum atomic E-state index is -1.16. The van der Waals surface area contributed by atoms with E-state index in [0.717, 1.165) is 17.0 Å². The van der Waals surface area contributed by atoms with E-state index in [4.69, 9.17) is 11.6 Å². The van der Waals surface area contributed by atoms with Crippen LogP contribution in [0.5, 0.6) is 0 Å². The highest BCUT2D eigenvalue weighted by Crippen LogP contribution is 2.38. The minimum Gasteiger partial charge on any atom is -0.384 e. The largest absolute Gasteiger partial charge is 0.384 e. The molecule has 2 heterocycles. The second-order valence-corrected chi connectivity index (χ2v) is 8.62. The zero-order chi connectivity index (χ0) is 20.8. The third-order valence-electron chi connectivity index (χ3n) is 4.47. The van der Waals surface area contributed by atoms with Gasteiger partial charge < -0.3 is 5.11 Å². The number of aliphatic hydroxyl groups is 1. The molecule has 0 aliphatic rings. The number of nitrogens with zero attached hydrogens (tertiary/aromatic N) is 2. The quantitative estimate of drug-likeness (QED) is 0.405. The molecule has 0 aliphatic carbocycles. The van der Waals surface area contributed by atoms with Gasteiger partial charge in [-0.3, -0.25) is 0 Å². The van der Waals surface area contributed by atoms with Gasteiger partial charge in [-0.25, -0.2) is 13.5 Å². The SMILES string of the molecule is CC(C)(O)c1cc(-c2ccc(-c3cc(F)ccc3F)s2)n(-c2ccccc2Cl)n1. The number of hydrogen-bond acceptors (Lipinski definition) is 3. The third kappa shape index (κ3) is 3.83. The molecule has 0 amide bonds. The molecule has 4 rings (SSSR count). The van der Waals surface area contributed by atoms with E-state index in [1.54, 1.807) is 36.7 Å². The molecule has 1 N–H and O–H groups in total. The summed E-state index contributed by atoms with van der Waals surface area (Å²) in [5.41, 5.74) is 0.873. The summed E-state index contributed by atoms with van der Waals surface area (Å²) in [6, 6.07) is 16.0. The maximum atomic E-state index is 14.2. The smallest absolute Gasteiger partial charge is 0.132 e. The van der Waals surface area contributed by atoms with Gasteiger partial charge in [0.15, 0.2) is 0 Å². The maximum Gasteiger partial charge on any atom is 0.132 e. The number of thiophene rings is 1. The van der Waals surface area contributed by atoms with Crippen molar-refractivity contribution in [1.29, 1.82) is 0 Å². The highest BCUT2D eigenvalue weighted by atomic mass is 35.5. The second-order valence-electron chi connectivity index (χ2n) is 7.13. The van der Waals surface area contributed by atoms with E-state index in [2.05, 4.69) is 5.10 Å². The summed E-state index contributed by atoms with van der Waals surface area (Å²) < 4.78 is 29.5. The third-order valence-corrected chi connectivity index (χ3v) is 5.93. The van der Waals surface area contributed by atoms with Crippen LogP contribution in [0.3, 0.4) is 0 Å². The lowest BCUT2D eigenvalue weighted by Gasteiger charge is -2.13. The topological polar surface area (TPSA) is 38.0 Å². The first-order valence-corrected chi connectivity index (χ1v) is 10.1. The van der Waals surface area contributed by atoms with Crippen LogP contribution in [0.25, 0.3) is 26.7 Å². The van der Waals surface area contributed by atoms with Gasteiger partial charge in [0.1, 0.15) is 17.2 Å². The molecule has 29 heavy (non-hydrogen) atoms. The van der Waals surface area contributed by atoms with Crippen LogP contribution in [-0.4, -0.2) is 14.9 Å². The molecule has 7 heteroatoms. The molecule has 0 spiro atoms. The van der Waals surface area contributed by atoms with Gasteiger partial charge in [-0.05, 0) is 62.4 Å². The number of aromatic nitrogens is 2. The Balaban J connectivity index is 1.87. The maximum absolute atomic E-state index is 14.2. The van der Waals surface area contributed by atoms with Crippen molar-refractivity contribution in [3.05, 3.63) is 83.0 Å². The number of rotatable bonds is 4. The standard InChI is InChI=1S/C22H17ClF2N2OS/c1-22(2,28)21-12-18(27(26-21)17-6-4-3-5-15(17)23)20-10-9-19(29-20)14-11-13(24)7-8-16(14)25/h3-12,28H,1-2H3. The summed E-state index contributed by atoms with van der Waals surface area (Å²) in [6.45, 7) is 3.30. The summed E-state index contributed by atoms with van der Waals surface area (Å²) in [6.07, 6.45) is 0. The normalized spacial score (nSPS) is 11.8. The first kappa shape index (κ1) is 19.8. The second kappa shape index (κ2) is 7.37. The molecule has 2 aromatic carbocycles. The molecular weight excluding hydrogens is 414 g/mol. The average Bonchev–Trinajstić information content (AvgIpc) is 3.30. The Labute approximate surface area is 175 Å². The van der Waals surface area contributed by atoms with Gasteiger partial charge in [0.05, 0.1) is 27.0 Å². The van der Waals surface area contributed by atoms with Gasteiger partial charge in [-0.1, -0.05) is 23.7 Å². The molecular formula is C22H17ClF2N2OS. The van der Waals surface area contributed by atoms with Crippen molar-refractivity contribution in [2.24, 2.45) is 0 Å².